The molecule has 1 heterocycles. The molecule has 2 N–H and O–H groups in total. The second-order valence-electron chi connectivity index (χ2n) is 3.49. The van der Waals surface area contributed by atoms with E-state index in [1.807, 2.05) is 0 Å². The largest absolute Gasteiger partial charge is 0.393 e. The fourth-order valence-corrected chi connectivity index (χ4v) is 1.69. The maximum absolute atomic E-state index is 5.46. The number of nitrogens with zero attached hydrogens (tertiary/aromatic N) is 2. The van der Waals surface area contributed by atoms with E-state index in [9.17, 15) is 0 Å². The zero-order chi connectivity index (χ0) is 9.68. The van der Waals surface area contributed by atoms with E-state index in [2.05, 4.69) is 16.7 Å². The Kier molecular flexibility index (Phi) is 4.62. The van der Waals surface area contributed by atoms with E-state index in [0.29, 0.717) is 4.99 Å². The highest BCUT2D eigenvalue weighted by Gasteiger charge is 2.14. The molecule has 13 heavy (non-hydrogen) atoms. The highest BCUT2D eigenvalue weighted by Crippen LogP contribution is 2.01. The normalized spacial score (nSPS) is 20.4. The Balaban J connectivity index is 2.14. The molecule has 3 nitrogen and oxygen atoms in total. The van der Waals surface area contributed by atoms with Gasteiger partial charge in [0.15, 0.2) is 0 Å². The minimum absolute atomic E-state index is 0.637. The first-order chi connectivity index (χ1) is 6.22. The van der Waals surface area contributed by atoms with Crippen LogP contribution in [0, 0.1) is 0 Å². The quantitative estimate of drug-likeness (QED) is 0.663. The smallest absolute Gasteiger partial charge is 0.0740 e. The summed E-state index contributed by atoms with van der Waals surface area (Å²) in [5.41, 5.74) is 5.46. The summed E-state index contributed by atoms with van der Waals surface area (Å²) in [5, 5.41) is 0. The second-order valence-corrected chi connectivity index (χ2v) is 4.02. The van der Waals surface area contributed by atoms with E-state index in [4.69, 9.17) is 18.0 Å². The van der Waals surface area contributed by atoms with Crippen molar-refractivity contribution in [3.05, 3.63) is 0 Å². The lowest BCUT2D eigenvalue weighted by atomic mass is 10.3. The SMILES string of the molecule is CCN1CCN(CCC(N)=S)CC1. The summed E-state index contributed by atoms with van der Waals surface area (Å²) >= 11 is 4.85. The lowest BCUT2D eigenvalue weighted by Crippen LogP contribution is -2.46. The van der Waals surface area contributed by atoms with Crippen LogP contribution in [0.4, 0.5) is 0 Å². The van der Waals surface area contributed by atoms with Gasteiger partial charge in [0.25, 0.3) is 0 Å². The van der Waals surface area contributed by atoms with Crippen molar-refractivity contribution in [3.63, 3.8) is 0 Å². The van der Waals surface area contributed by atoms with Crippen LogP contribution in [0.2, 0.25) is 0 Å². The van der Waals surface area contributed by atoms with Crippen LogP contribution < -0.4 is 5.73 Å². The third-order valence-electron chi connectivity index (χ3n) is 2.59. The third-order valence-corrected chi connectivity index (χ3v) is 2.79. The average Bonchev–Trinajstić information content (AvgIpc) is 2.15. The summed E-state index contributed by atoms with van der Waals surface area (Å²) in [4.78, 5) is 5.54. The van der Waals surface area contributed by atoms with Gasteiger partial charge in [0.05, 0.1) is 4.99 Å². The summed E-state index contributed by atoms with van der Waals surface area (Å²) < 4.78 is 0. The van der Waals surface area contributed by atoms with Crippen LogP contribution in [0.25, 0.3) is 0 Å². The van der Waals surface area contributed by atoms with Crippen molar-refractivity contribution < 1.29 is 0 Å². The minimum atomic E-state index is 0.637. The second kappa shape index (κ2) is 5.52. The van der Waals surface area contributed by atoms with Gasteiger partial charge in [-0.25, -0.2) is 0 Å². The zero-order valence-electron chi connectivity index (χ0n) is 8.33. The number of hydrogen-bond donors (Lipinski definition) is 1. The van der Waals surface area contributed by atoms with E-state index in [1.54, 1.807) is 0 Å². The lowest BCUT2D eigenvalue weighted by Gasteiger charge is -2.33. The van der Waals surface area contributed by atoms with Gasteiger partial charge in [0, 0.05) is 39.1 Å². The van der Waals surface area contributed by atoms with Crippen LogP contribution in [0.5, 0.6) is 0 Å². The molecule has 4 heteroatoms. The van der Waals surface area contributed by atoms with Gasteiger partial charge in [-0.1, -0.05) is 19.1 Å². The Hall–Kier alpha value is -0.190. The molecule has 0 unspecified atom stereocenters. The molecule has 0 bridgehead atoms. The van der Waals surface area contributed by atoms with Crippen molar-refractivity contribution in [1.29, 1.82) is 0 Å². The predicted molar refractivity (Wildman–Crippen MR) is 60.0 cm³/mol. The number of nitrogens with two attached hydrogens (primary N) is 1. The Morgan fingerprint density at radius 3 is 2.23 bits per heavy atom. The van der Waals surface area contributed by atoms with Crippen molar-refractivity contribution in [1.82, 2.24) is 9.80 Å². The number of likely N-dealkylation sites (N-methyl/N-ethyl adjacent to an activating group) is 1. The van der Waals surface area contributed by atoms with Crippen molar-refractivity contribution >= 4 is 17.2 Å². The molecular weight excluding hydrogens is 182 g/mol. The van der Waals surface area contributed by atoms with E-state index in [0.717, 1.165) is 26.1 Å². The van der Waals surface area contributed by atoms with Crippen molar-refractivity contribution in [2.75, 3.05) is 39.3 Å². The van der Waals surface area contributed by atoms with Crippen LogP contribution in [-0.4, -0.2) is 54.1 Å². The highest BCUT2D eigenvalue weighted by molar-refractivity contribution is 7.80. The molecule has 0 saturated carbocycles. The van der Waals surface area contributed by atoms with Crippen LogP contribution in [0.1, 0.15) is 13.3 Å². The van der Waals surface area contributed by atoms with E-state index in [1.165, 1.54) is 19.6 Å². The zero-order valence-corrected chi connectivity index (χ0v) is 9.15. The molecule has 76 valence electrons. The molecule has 0 aromatic carbocycles. The molecule has 0 aromatic heterocycles. The van der Waals surface area contributed by atoms with Gasteiger partial charge in [0.1, 0.15) is 0 Å². The molecule has 1 aliphatic heterocycles. The monoisotopic (exact) mass is 201 g/mol. The maximum atomic E-state index is 5.46. The summed E-state index contributed by atoms with van der Waals surface area (Å²) in [6.07, 6.45) is 0.863. The van der Waals surface area contributed by atoms with Gasteiger partial charge in [-0.2, -0.15) is 0 Å². The molecule has 1 fully saturated rings. The number of hydrogen-bond acceptors (Lipinski definition) is 3. The molecule has 0 amide bonds. The molecule has 1 rings (SSSR count). The Morgan fingerprint density at radius 2 is 1.77 bits per heavy atom. The topological polar surface area (TPSA) is 32.5 Å². The minimum Gasteiger partial charge on any atom is -0.393 e. The van der Waals surface area contributed by atoms with Gasteiger partial charge in [-0.15, -0.1) is 0 Å². The Bertz CT molecular complexity index is 164. The van der Waals surface area contributed by atoms with E-state index >= 15 is 0 Å². The molecule has 0 atom stereocenters. The lowest BCUT2D eigenvalue weighted by molar-refractivity contribution is 0.140. The molecule has 0 aliphatic carbocycles. The number of piperazine rings is 1. The van der Waals surface area contributed by atoms with Gasteiger partial charge >= 0.3 is 0 Å². The Labute approximate surface area is 85.9 Å². The van der Waals surface area contributed by atoms with Gasteiger partial charge in [-0.3, -0.25) is 0 Å². The number of rotatable bonds is 4. The number of thiocarbonyl (C=S) groups is 1. The van der Waals surface area contributed by atoms with Crippen molar-refractivity contribution in [3.8, 4) is 0 Å². The van der Waals surface area contributed by atoms with Crippen molar-refractivity contribution in [2.24, 2.45) is 5.73 Å². The summed E-state index contributed by atoms with van der Waals surface area (Å²) in [6.45, 7) is 9.12. The fourth-order valence-electron chi connectivity index (χ4n) is 1.60. The Morgan fingerprint density at radius 1 is 1.23 bits per heavy atom. The molecule has 1 saturated heterocycles. The first-order valence-corrected chi connectivity index (χ1v) is 5.36. The summed E-state index contributed by atoms with van der Waals surface area (Å²) in [5.74, 6) is 0. The molecular formula is C9H19N3S. The first-order valence-electron chi connectivity index (χ1n) is 4.95. The van der Waals surface area contributed by atoms with Crippen LogP contribution >= 0.6 is 12.2 Å². The highest BCUT2D eigenvalue weighted by atomic mass is 32.1. The third kappa shape index (κ3) is 4.02. The van der Waals surface area contributed by atoms with E-state index < -0.39 is 0 Å². The maximum Gasteiger partial charge on any atom is 0.0740 e. The average molecular weight is 201 g/mol. The van der Waals surface area contributed by atoms with Gasteiger partial charge in [-0.05, 0) is 6.54 Å². The van der Waals surface area contributed by atoms with E-state index in [-0.39, 0.29) is 0 Å². The first kappa shape index (κ1) is 10.9. The van der Waals surface area contributed by atoms with Gasteiger partial charge < -0.3 is 15.5 Å². The standard InChI is InChI=1S/C9H19N3S/c1-2-11-5-7-12(8-6-11)4-3-9(10)13/h2-8H2,1H3,(H2,10,13). The van der Waals surface area contributed by atoms with Crippen LogP contribution in [-0.2, 0) is 0 Å². The van der Waals surface area contributed by atoms with Gasteiger partial charge in [0.2, 0.25) is 0 Å². The molecule has 0 spiro atoms. The van der Waals surface area contributed by atoms with Crippen molar-refractivity contribution in [2.45, 2.75) is 13.3 Å². The predicted octanol–water partition coefficient (Wildman–Crippen LogP) is 0.300. The molecule has 1 aliphatic rings. The molecule has 0 aromatic rings. The fraction of sp³-hybridized carbons (Fsp3) is 0.889. The summed E-state index contributed by atoms with van der Waals surface area (Å²) in [7, 11) is 0. The molecule has 0 radical (unpaired) electrons. The summed E-state index contributed by atoms with van der Waals surface area (Å²) in [6, 6.07) is 0. The van der Waals surface area contributed by atoms with Crippen LogP contribution in [0.15, 0.2) is 0 Å². The van der Waals surface area contributed by atoms with Crippen LogP contribution in [0.3, 0.4) is 0 Å².